The van der Waals surface area contributed by atoms with Gasteiger partial charge in [0.05, 0.1) is 12.3 Å². The molecule has 3 heterocycles. The maximum atomic E-state index is 12.0. The number of esters is 1. The van der Waals surface area contributed by atoms with E-state index in [1.807, 2.05) is 18.2 Å². The highest BCUT2D eigenvalue weighted by atomic mass is 16.7. The quantitative estimate of drug-likeness (QED) is 0.687. The minimum absolute atomic E-state index is 0.216. The first-order chi connectivity index (χ1) is 13.1. The molecular weight excluding hydrogens is 350 g/mol. The average molecular weight is 367 g/mol. The highest BCUT2D eigenvalue weighted by molar-refractivity contribution is 5.88. The monoisotopic (exact) mass is 367 g/mol. The Kier molecular flexibility index (Phi) is 4.33. The van der Waals surface area contributed by atoms with E-state index in [1.54, 1.807) is 32.3 Å². The van der Waals surface area contributed by atoms with Crippen LogP contribution in [0.3, 0.4) is 0 Å². The normalized spacial score (nSPS) is 12.1. The Hall–Kier alpha value is -3.62. The van der Waals surface area contributed by atoms with E-state index in [1.165, 1.54) is 4.68 Å². The Bertz CT molecular complexity index is 1000. The summed E-state index contributed by atoms with van der Waals surface area (Å²) in [6, 6.07) is 8.85. The standard InChI is InChI=1S/C18H17N5O4/c1-3-25-17(24)14-9-13(22-23(14)2)12-6-7-19-18(21-12)20-11-4-5-15-16(8-11)27-10-26-15/h4-9H,3,10H2,1-2H3,(H,19,20,21). The molecule has 1 aliphatic heterocycles. The second-order valence-corrected chi connectivity index (χ2v) is 5.72. The number of hydrogen-bond donors (Lipinski definition) is 1. The average Bonchev–Trinajstić information content (AvgIpc) is 3.28. The summed E-state index contributed by atoms with van der Waals surface area (Å²) in [4.78, 5) is 20.7. The van der Waals surface area contributed by atoms with Crippen molar-refractivity contribution in [1.29, 1.82) is 0 Å². The first kappa shape index (κ1) is 16.8. The fraction of sp³-hybridized carbons (Fsp3) is 0.222. The summed E-state index contributed by atoms with van der Waals surface area (Å²) in [5, 5.41) is 7.47. The number of anilines is 2. The summed E-state index contributed by atoms with van der Waals surface area (Å²) < 4.78 is 17.2. The van der Waals surface area contributed by atoms with Crippen LogP contribution in [0.15, 0.2) is 36.5 Å². The Morgan fingerprint density at radius 3 is 2.93 bits per heavy atom. The van der Waals surface area contributed by atoms with Gasteiger partial charge in [-0.2, -0.15) is 5.10 Å². The summed E-state index contributed by atoms with van der Waals surface area (Å²) in [6.07, 6.45) is 1.62. The van der Waals surface area contributed by atoms with Gasteiger partial charge in [0.25, 0.3) is 0 Å². The van der Waals surface area contributed by atoms with Crippen molar-refractivity contribution in [1.82, 2.24) is 19.7 Å². The van der Waals surface area contributed by atoms with Crippen molar-refractivity contribution in [3.63, 3.8) is 0 Å². The molecule has 4 rings (SSSR count). The number of aromatic nitrogens is 4. The summed E-state index contributed by atoms with van der Waals surface area (Å²) in [6.45, 7) is 2.28. The van der Waals surface area contributed by atoms with E-state index in [9.17, 15) is 4.79 Å². The van der Waals surface area contributed by atoms with Crippen LogP contribution < -0.4 is 14.8 Å². The number of fused-ring (bicyclic) bond motifs is 1. The van der Waals surface area contributed by atoms with Crippen molar-refractivity contribution in [2.24, 2.45) is 7.05 Å². The van der Waals surface area contributed by atoms with Crippen LogP contribution in [-0.4, -0.2) is 39.1 Å². The smallest absolute Gasteiger partial charge is 0.356 e. The number of benzene rings is 1. The van der Waals surface area contributed by atoms with Gasteiger partial charge in [-0.1, -0.05) is 0 Å². The molecule has 0 bridgehead atoms. The van der Waals surface area contributed by atoms with Crippen LogP contribution in [0.5, 0.6) is 11.5 Å². The molecule has 2 aromatic heterocycles. The van der Waals surface area contributed by atoms with Crippen LogP contribution in [0.2, 0.25) is 0 Å². The largest absolute Gasteiger partial charge is 0.461 e. The number of rotatable bonds is 5. The van der Waals surface area contributed by atoms with Crippen LogP contribution in [0, 0.1) is 0 Å². The van der Waals surface area contributed by atoms with Gasteiger partial charge in [0.2, 0.25) is 12.7 Å². The Morgan fingerprint density at radius 1 is 1.22 bits per heavy atom. The molecule has 3 aromatic rings. The fourth-order valence-corrected chi connectivity index (χ4v) is 2.65. The molecule has 0 fully saturated rings. The highest BCUT2D eigenvalue weighted by Crippen LogP contribution is 2.34. The lowest BCUT2D eigenvalue weighted by Gasteiger charge is -2.06. The lowest BCUT2D eigenvalue weighted by Crippen LogP contribution is -2.10. The van der Waals surface area contributed by atoms with E-state index in [0.29, 0.717) is 41.1 Å². The van der Waals surface area contributed by atoms with E-state index >= 15 is 0 Å². The molecule has 138 valence electrons. The van der Waals surface area contributed by atoms with E-state index in [2.05, 4.69) is 20.4 Å². The molecule has 1 aliphatic rings. The van der Waals surface area contributed by atoms with Gasteiger partial charge >= 0.3 is 5.97 Å². The number of carbonyl (C=O) groups is 1. The van der Waals surface area contributed by atoms with Crippen molar-refractivity contribution < 1.29 is 19.0 Å². The van der Waals surface area contributed by atoms with Crippen LogP contribution in [0.4, 0.5) is 11.6 Å². The van der Waals surface area contributed by atoms with Crippen molar-refractivity contribution in [3.8, 4) is 22.9 Å². The van der Waals surface area contributed by atoms with E-state index in [-0.39, 0.29) is 6.79 Å². The van der Waals surface area contributed by atoms with Gasteiger partial charge in [0, 0.05) is 31.1 Å². The number of aryl methyl sites for hydroxylation is 1. The summed E-state index contributed by atoms with van der Waals surface area (Å²) in [7, 11) is 1.68. The van der Waals surface area contributed by atoms with Crippen molar-refractivity contribution in [2.75, 3.05) is 18.7 Å². The van der Waals surface area contributed by atoms with Crippen LogP contribution in [0.1, 0.15) is 17.4 Å². The molecule has 9 nitrogen and oxygen atoms in total. The van der Waals surface area contributed by atoms with E-state index in [0.717, 1.165) is 5.69 Å². The predicted octanol–water partition coefficient (Wildman–Crippen LogP) is 2.53. The predicted molar refractivity (Wildman–Crippen MR) is 96.0 cm³/mol. The molecule has 0 saturated heterocycles. The van der Waals surface area contributed by atoms with Crippen LogP contribution in [-0.2, 0) is 11.8 Å². The Labute approximate surface area is 154 Å². The maximum absolute atomic E-state index is 12.0. The maximum Gasteiger partial charge on any atom is 0.356 e. The first-order valence-electron chi connectivity index (χ1n) is 8.35. The lowest BCUT2D eigenvalue weighted by atomic mass is 10.2. The minimum atomic E-state index is -0.425. The number of ether oxygens (including phenoxy) is 3. The number of carbonyl (C=O) groups excluding carboxylic acids is 1. The van der Waals surface area contributed by atoms with Crippen molar-refractivity contribution in [2.45, 2.75) is 6.92 Å². The molecule has 0 radical (unpaired) electrons. The molecule has 1 aromatic carbocycles. The summed E-state index contributed by atoms with van der Waals surface area (Å²) >= 11 is 0. The Balaban J connectivity index is 1.58. The van der Waals surface area contributed by atoms with Gasteiger partial charge in [-0.3, -0.25) is 4.68 Å². The van der Waals surface area contributed by atoms with E-state index < -0.39 is 5.97 Å². The zero-order valence-electron chi connectivity index (χ0n) is 14.8. The summed E-state index contributed by atoms with van der Waals surface area (Å²) in [5.41, 5.74) is 2.26. The first-order valence-corrected chi connectivity index (χ1v) is 8.35. The SMILES string of the molecule is CCOC(=O)c1cc(-c2ccnc(Nc3ccc4c(c3)OCO4)n2)nn1C. The topological polar surface area (TPSA) is 100 Å². The zero-order valence-corrected chi connectivity index (χ0v) is 14.8. The molecule has 0 amide bonds. The molecular formula is C18H17N5O4. The van der Waals surface area contributed by atoms with Crippen molar-refractivity contribution in [3.05, 3.63) is 42.2 Å². The molecule has 0 aliphatic carbocycles. The third-order valence-corrected chi connectivity index (χ3v) is 3.91. The van der Waals surface area contributed by atoms with Crippen LogP contribution >= 0.6 is 0 Å². The van der Waals surface area contributed by atoms with Crippen LogP contribution in [0.25, 0.3) is 11.4 Å². The molecule has 27 heavy (non-hydrogen) atoms. The fourth-order valence-electron chi connectivity index (χ4n) is 2.65. The Morgan fingerprint density at radius 2 is 2.07 bits per heavy atom. The molecule has 0 saturated carbocycles. The molecule has 0 atom stereocenters. The van der Waals surface area contributed by atoms with Gasteiger partial charge in [-0.25, -0.2) is 14.8 Å². The number of nitrogens with one attached hydrogen (secondary N) is 1. The van der Waals surface area contributed by atoms with Crippen molar-refractivity contribution >= 4 is 17.6 Å². The molecule has 9 heteroatoms. The van der Waals surface area contributed by atoms with Gasteiger partial charge in [-0.05, 0) is 25.1 Å². The lowest BCUT2D eigenvalue weighted by molar-refractivity contribution is 0.0513. The highest BCUT2D eigenvalue weighted by Gasteiger charge is 2.17. The molecule has 0 unspecified atom stereocenters. The summed E-state index contributed by atoms with van der Waals surface area (Å²) in [5.74, 6) is 1.34. The zero-order chi connectivity index (χ0) is 18.8. The van der Waals surface area contributed by atoms with Gasteiger partial charge in [-0.15, -0.1) is 0 Å². The number of hydrogen-bond acceptors (Lipinski definition) is 8. The second-order valence-electron chi connectivity index (χ2n) is 5.72. The van der Waals surface area contributed by atoms with Gasteiger partial charge in [0.1, 0.15) is 11.4 Å². The second kappa shape index (κ2) is 6.94. The van der Waals surface area contributed by atoms with Gasteiger partial charge < -0.3 is 19.5 Å². The van der Waals surface area contributed by atoms with Gasteiger partial charge in [0.15, 0.2) is 11.5 Å². The molecule has 1 N–H and O–H groups in total. The minimum Gasteiger partial charge on any atom is -0.461 e. The molecule has 0 spiro atoms. The third kappa shape index (κ3) is 3.39. The van der Waals surface area contributed by atoms with E-state index in [4.69, 9.17) is 14.2 Å². The number of nitrogens with zero attached hydrogens (tertiary/aromatic N) is 4. The third-order valence-electron chi connectivity index (χ3n) is 3.91.